The van der Waals surface area contributed by atoms with Crippen LogP contribution < -0.4 is 5.32 Å². The number of rotatable bonds is 7. The van der Waals surface area contributed by atoms with Gasteiger partial charge in [-0.3, -0.25) is 4.79 Å². The third-order valence-corrected chi connectivity index (χ3v) is 2.47. The summed E-state index contributed by atoms with van der Waals surface area (Å²) < 4.78 is 9.08. The van der Waals surface area contributed by atoms with E-state index < -0.39 is 33.3 Å². The number of nitrogens with one attached hydrogen (secondary N) is 1. The van der Waals surface area contributed by atoms with Crippen LogP contribution >= 0.6 is 8.38 Å². The number of carbonyl (C=O) groups is 2. The molecule has 0 aromatic heterocycles. The molecule has 0 heterocycles. The van der Waals surface area contributed by atoms with Gasteiger partial charge in [-0.25, -0.2) is 4.79 Å². The van der Waals surface area contributed by atoms with Crippen molar-refractivity contribution in [2.45, 2.75) is 20.0 Å². The highest BCUT2D eigenvalue weighted by Crippen LogP contribution is 2.23. The van der Waals surface area contributed by atoms with Gasteiger partial charge in [-0.15, -0.1) is 0 Å². The van der Waals surface area contributed by atoms with Gasteiger partial charge in [0.2, 0.25) is 6.79 Å². The highest BCUT2D eigenvalue weighted by atomic mass is 31.2. The molecule has 0 saturated carbocycles. The second-order valence-corrected chi connectivity index (χ2v) is 4.87. The molecule has 1 atom stereocenters. The van der Waals surface area contributed by atoms with Gasteiger partial charge in [-0.05, 0) is 0 Å². The van der Waals surface area contributed by atoms with Gasteiger partial charge in [0.05, 0.1) is 12.0 Å². The first-order valence-corrected chi connectivity index (χ1v) is 6.66. The Balaban J connectivity index is 3.63. The molecule has 0 aliphatic rings. The molecule has 106 valence electrons. The first-order chi connectivity index (χ1) is 8.32. The van der Waals surface area contributed by atoms with Gasteiger partial charge in [0.25, 0.3) is 0 Å². The molecule has 18 heavy (non-hydrogen) atoms. The molecule has 1 amide bonds. The monoisotopic (exact) mass is 283 g/mol. The maximum absolute atomic E-state index is 11.0. The molecule has 0 unspecified atom stereocenters. The normalized spacial score (nSPS) is 12.4. The molecule has 0 aromatic carbocycles. The zero-order valence-corrected chi connectivity index (χ0v) is 11.1. The van der Waals surface area contributed by atoms with E-state index in [1.54, 1.807) is 13.8 Å². The highest BCUT2D eigenvalue weighted by Gasteiger charge is 2.13. The minimum absolute atomic E-state index is 0.184. The number of hydrogen-bond donors (Lipinski definition) is 4. The molecular formula is C9H18NO7P. The Labute approximate surface area is 106 Å². The molecule has 0 aliphatic heterocycles. The number of ether oxygens (including phenoxy) is 2. The second kappa shape index (κ2) is 9.04. The molecular weight excluding hydrogens is 265 g/mol. The summed E-state index contributed by atoms with van der Waals surface area (Å²) in [4.78, 5) is 39.2. The number of hydrogen-bond acceptors (Lipinski definition) is 7. The second-order valence-electron chi connectivity index (χ2n) is 3.76. The first kappa shape index (κ1) is 17.1. The Morgan fingerprint density at radius 1 is 1.28 bits per heavy atom. The summed E-state index contributed by atoms with van der Waals surface area (Å²) in [6.45, 7) is 2.59. The van der Waals surface area contributed by atoms with E-state index in [4.69, 9.17) is 9.79 Å². The fourth-order valence-corrected chi connectivity index (χ4v) is 1.32. The van der Waals surface area contributed by atoms with E-state index >= 15 is 0 Å². The van der Waals surface area contributed by atoms with Crippen molar-refractivity contribution in [3.05, 3.63) is 0 Å². The Morgan fingerprint density at radius 2 is 1.89 bits per heavy atom. The van der Waals surface area contributed by atoms with E-state index in [0.717, 1.165) is 0 Å². The van der Waals surface area contributed by atoms with E-state index in [1.807, 2.05) is 0 Å². The van der Waals surface area contributed by atoms with Crippen LogP contribution in [0.25, 0.3) is 0 Å². The van der Waals surface area contributed by atoms with Crippen molar-refractivity contribution >= 4 is 20.4 Å². The largest absolute Gasteiger partial charge is 0.428 e. The lowest BCUT2D eigenvalue weighted by Crippen LogP contribution is -2.34. The predicted octanol–water partition coefficient (Wildman–Crippen LogP) is -0.473. The van der Waals surface area contributed by atoms with Gasteiger partial charge in [-0.1, -0.05) is 13.8 Å². The topological polar surface area (TPSA) is 125 Å². The van der Waals surface area contributed by atoms with E-state index in [1.165, 1.54) is 0 Å². The van der Waals surface area contributed by atoms with Crippen LogP contribution in [0.2, 0.25) is 0 Å². The molecule has 0 aliphatic carbocycles. The summed E-state index contributed by atoms with van der Waals surface area (Å²) >= 11 is 0. The molecule has 8 nitrogen and oxygen atoms in total. The SMILES string of the molecule is CC(C)C(=O)OCOC(=O)NC[C@H](O)CP(O)O. The number of aliphatic hydroxyl groups is 1. The van der Waals surface area contributed by atoms with Crippen LogP contribution in [0.15, 0.2) is 0 Å². The maximum atomic E-state index is 11.0. The molecule has 4 N–H and O–H groups in total. The molecule has 0 saturated heterocycles. The Hall–Kier alpha value is -0.950. The lowest BCUT2D eigenvalue weighted by atomic mass is 10.2. The van der Waals surface area contributed by atoms with Gasteiger partial charge in [0, 0.05) is 12.7 Å². The summed E-state index contributed by atoms with van der Waals surface area (Å²) in [6, 6.07) is 0. The average Bonchev–Trinajstić information content (AvgIpc) is 2.25. The van der Waals surface area contributed by atoms with Crippen LogP contribution in [-0.4, -0.2) is 52.6 Å². The van der Waals surface area contributed by atoms with E-state index in [-0.39, 0.29) is 18.6 Å². The number of esters is 1. The Morgan fingerprint density at radius 3 is 2.39 bits per heavy atom. The van der Waals surface area contributed by atoms with Crippen molar-refractivity contribution < 1.29 is 34.0 Å². The Bertz CT molecular complexity index is 272. The van der Waals surface area contributed by atoms with E-state index in [2.05, 4.69) is 14.8 Å². The number of carbonyl (C=O) groups excluding carboxylic acids is 2. The number of amides is 1. The van der Waals surface area contributed by atoms with E-state index in [9.17, 15) is 14.7 Å². The fourth-order valence-electron chi connectivity index (χ4n) is 0.813. The summed E-state index contributed by atoms with van der Waals surface area (Å²) in [6.07, 6.45) is -2.17. The summed E-state index contributed by atoms with van der Waals surface area (Å²) in [5, 5.41) is 11.4. The van der Waals surface area contributed by atoms with Gasteiger partial charge in [0.1, 0.15) is 0 Å². The minimum atomic E-state index is -2.21. The fraction of sp³-hybridized carbons (Fsp3) is 0.778. The molecule has 0 aromatic rings. The molecule has 0 radical (unpaired) electrons. The van der Waals surface area contributed by atoms with E-state index in [0.29, 0.717) is 0 Å². The molecule has 0 rings (SSSR count). The maximum Gasteiger partial charge on any atom is 0.410 e. The van der Waals surface area contributed by atoms with Crippen molar-refractivity contribution in [3.8, 4) is 0 Å². The molecule has 0 bridgehead atoms. The number of aliphatic hydroxyl groups excluding tert-OH is 1. The van der Waals surface area contributed by atoms with Gasteiger partial charge in [-0.2, -0.15) is 0 Å². The summed E-state index contributed by atoms with van der Waals surface area (Å²) in [5.74, 6) is -0.805. The van der Waals surface area contributed by atoms with Crippen LogP contribution in [0.4, 0.5) is 4.79 Å². The van der Waals surface area contributed by atoms with Crippen LogP contribution in [-0.2, 0) is 14.3 Å². The van der Waals surface area contributed by atoms with Crippen molar-refractivity contribution in [3.63, 3.8) is 0 Å². The standard InChI is InChI=1S/C9H18NO7P/c1-6(2)8(12)16-5-17-9(13)10-3-7(11)4-18(14)15/h6-7,11,14-15H,3-5H2,1-2H3,(H,10,13)/t7-/m0/s1. The zero-order chi connectivity index (χ0) is 14.1. The summed E-state index contributed by atoms with van der Waals surface area (Å²) in [5.41, 5.74) is 0. The van der Waals surface area contributed by atoms with Crippen molar-refractivity contribution in [1.29, 1.82) is 0 Å². The van der Waals surface area contributed by atoms with Crippen molar-refractivity contribution in [2.24, 2.45) is 5.92 Å². The summed E-state index contributed by atoms with van der Waals surface area (Å²) in [7, 11) is -2.21. The van der Waals surface area contributed by atoms with Crippen molar-refractivity contribution in [2.75, 3.05) is 19.5 Å². The Kier molecular flexibility index (Phi) is 8.57. The molecule has 0 spiro atoms. The van der Waals surface area contributed by atoms with Gasteiger partial charge < -0.3 is 29.7 Å². The lowest BCUT2D eigenvalue weighted by Gasteiger charge is -2.12. The zero-order valence-electron chi connectivity index (χ0n) is 10.2. The van der Waals surface area contributed by atoms with Gasteiger partial charge in [0.15, 0.2) is 8.38 Å². The highest BCUT2D eigenvalue weighted by molar-refractivity contribution is 7.45. The smallest absolute Gasteiger partial charge is 0.410 e. The minimum Gasteiger partial charge on any atom is -0.428 e. The predicted molar refractivity (Wildman–Crippen MR) is 62.5 cm³/mol. The number of alkyl carbamates (subject to hydrolysis) is 1. The van der Waals surface area contributed by atoms with Crippen molar-refractivity contribution in [1.82, 2.24) is 5.32 Å². The van der Waals surface area contributed by atoms with Crippen LogP contribution in [0.5, 0.6) is 0 Å². The first-order valence-electron chi connectivity index (χ1n) is 5.23. The quantitative estimate of drug-likeness (QED) is 0.282. The third kappa shape index (κ3) is 9.12. The molecule has 9 heteroatoms. The van der Waals surface area contributed by atoms with Gasteiger partial charge >= 0.3 is 12.1 Å². The lowest BCUT2D eigenvalue weighted by molar-refractivity contribution is -0.155. The third-order valence-electron chi connectivity index (χ3n) is 1.72. The molecule has 0 fully saturated rings. The van der Waals surface area contributed by atoms with Crippen LogP contribution in [0.3, 0.4) is 0 Å². The van der Waals surface area contributed by atoms with Crippen LogP contribution in [0, 0.1) is 5.92 Å². The van der Waals surface area contributed by atoms with Crippen LogP contribution in [0.1, 0.15) is 13.8 Å². The average molecular weight is 283 g/mol.